The minimum Gasteiger partial charge on any atom is -0.0622 e. The van der Waals surface area contributed by atoms with Crippen molar-refractivity contribution in [1.29, 1.82) is 0 Å². The molecule has 0 heteroatoms. The van der Waals surface area contributed by atoms with E-state index < -0.39 is 0 Å². The van der Waals surface area contributed by atoms with E-state index in [0.717, 1.165) is 0 Å². The van der Waals surface area contributed by atoms with Crippen LogP contribution in [0.4, 0.5) is 0 Å². The summed E-state index contributed by atoms with van der Waals surface area (Å²) >= 11 is 0. The zero-order valence-electron chi connectivity index (χ0n) is 25.3. The van der Waals surface area contributed by atoms with Gasteiger partial charge < -0.3 is 0 Å². The minimum atomic E-state index is 1.23. The summed E-state index contributed by atoms with van der Waals surface area (Å²) in [4.78, 5) is 0. The molecule has 0 heterocycles. The van der Waals surface area contributed by atoms with Gasteiger partial charge in [-0.1, -0.05) is 170 Å². The molecule has 9 aromatic rings. The zero-order chi connectivity index (χ0) is 30.5. The van der Waals surface area contributed by atoms with Crippen LogP contribution < -0.4 is 0 Å². The van der Waals surface area contributed by atoms with Gasteiger partial charge in [0.1, 0.15) is 0 Å². The predicted molar refractivity (Wildman–Crippen MR) is 198 cm³/mol. The van der Waals surface area contributed by atoms with Gasteiger partial charge in [0.25, 0.3) is 0 Å². The molecule has 0 aliphatic carbocycles. The molecule has 0 aromatic heterocycles. The van der Waals surface area contributed by atoms with E-state index in [1.165, 1.54) is 87.6 Å². The van der Waals surface area contributed by atoms with Gasteiger partial charge in [-0.2, -0.15) is 0 Å². The maximum Gasteiger partial charge on any atom is -0.00262 e. The van der Waals surface area contributed by atoms with Crippen molar-refractivity contribution in [3.8, 4) is 44.5 Å². The summed E-state index contributed by atoms with van der Waals surface area (Å²) in [5.74, 6) is 0. The maximum atomic E-state index is 2.36. The average Bonchev–Trinajstić information content (AvgIpc) is 3.13. The van der Waals surface area contributed by atoms with E-state index in [4.69, 9.17) is 0 Å². The molecule has 0 N–H and O–H groups in total. The lowest BCUT2D eigenvalue weighted by atomic mass is 9.85. The van der Waals surface area contributed by atoms with Gasteiger partial charge in [0.15, 0.2) is 0 Å². The molecule has 0 bridgehead atoms. The number of hydrogen-bond acceptors (Lipinski definition) is 0. The van der Waals surface area contributed by atoms with E-state index in [1.807, 2.05) is 0 Å². The third-order valence-electron chi connectivity index (χ3n) is 9.44. The third-order valence-corrected chi connectivity index (χ3v) is 9.44. The minimum absolute atomic E-state index is 1.23. The molecule has 0 radical (unpaired) electrons. The topological polar surface area (TPSA) is 0 Å². The standard InChI is InChI=1S/C46H30/c1-2-11-31(12-3-1)35-25-26-37-30-38(28-27-36(37)29-35)46-43-18-8-6-16-41(43)45(42-17-7-9-19-44(42)46)34-23-21-33(22-24-34)40-20-10-14-32-13-4-5-15-39(32)40/h1-30H. The second kappa shape index (κ2) is 10.9. The van der Waals surface area contributed by atoms with Crippen LogP contribution in [0.3, 0.4) is 0 Å². The quantitative estimate of drug-likeness (QED) is 0.181. The van der Waals surface area contributed by atoms with Gasteiger partial charge in [-0.25, -0.2) is 0 Å². The lowest BCUT2D eigenvalue weighted by molar-refractivity contribution is 1.63. The summed E-state index contributed by atoms with van der Waals surface area (Å²) in [6, 6.07) is 66.5. The second-order valence-electron chi connectivity index (χ2n) is 12.1. The molecule has 0 spiro atoms. The monoisotopic (exact) mass is 582 g/mol. The molecule has 214 valence electrons. The van der Waals surface area contributed by atoms with E-state index in [0.29, 0.717) is 0 Å². The van der Waals surface area contributed by atoms with Crippen LogP contribution in [0.5, 0.6) is 0 Å². The van der Waals surface area contributed by atoms with Crippen molar-refractivity contribution in [3.05, 3.63) is 182 Å². The van der Waals surface area contributed by atoms with E-state index in [2.05, 4.69) is 182 Å². The highest BCUT2D eigenvalue weighted by molar-refractivity contribution is 6.21. The summed E-state index contributed by atoms with van der Waals surface area (Å²) in [6.45, 7) is 0. The Bertz CT molecular complexity index is 2490. The maximum absolute atomic E-state index is 2.36. The molecule has 0 saturated heterocycles. The Morgan fingerprint density at radius 2 is 0.674 bits per heavy atom. The summed E-state index contributed by atoms with van der Waals surface area (Å²) in [5.41, 5.74) is 10.0. The van der Waals surface area contributed by atoms with Crippen LogP contribution in [0.25, 0.3) is 87.6 Å². The van der Waals surface area contributed by atoms with Crippen molar-refractivity contribution in [2.45, 2.75) is 0 Å². The Morgan fingerprint density at radius 1 is 0.217 bits per heavy atom. The molecule has 0 amide bonds. The third kappa shape index (κ3) is 4.38. The lowest BCUT2D eigenvalue weighted by Gasteiger charge is -2.18. The predicted octanol–water partition coefficient (Wildman–Crippen LogP) is 13.0. The van der Waals surface area contributed by atoms with E-state index in [-0.39, 0.29) is 0 Å². The molecule has 0 atom stereocenters. The first-order valence-corrected chi connectivity index (χ1v) is 15.9. The number of rotatable bonds is 4. The molecule has 0 aliphatic heterocycles. The molecular weight excluding hydrogens is 553 g/mol. The Morgan fingerprint density at radius 3 is 1.33 bits per heavy atom. The lowest BCUT2D eigenvalue weighted by Crippen LogP contribution is -1.91. The van der Waals surface area contributed by atoms with Gasteiger partial charge in [-0.3, -0.25) is 0 Å². The highest BCUT2D eigenvalue weighted by Gasteiger charge is 2.17. The fraction of sp³-hybridized carbons (Fsp3) is 0. The summed E-state index contributed by atoms with van der Waals surface area (Å²) < 4.78 is 0. The van der Waals surface area contributed by atoms with E-state index in [9.17, 15) is 0 Å². The highest BCUT2D eigenvalue weighted by Crippen LogP contribution is 2.44. The Kier molecular flexibility index (Phi) is 6.25. The van der Waals surface area contributed by atoms with E-state index in [1.54, 1.807) is 0 Å². The first-order chi connectivity index (χ1) is 22.8. The molecular formula is C46H30. The van der Waals surface area contributed by atoms with Crippen LogP contribution in [0, 0.1) is 0 Å². The van der Waals surface area contributed by atoms with Crippen molar-refractivity contribution in [3.63, 3.8) is 0 Å². The molecule has 0 nitrogen and oxygen atoms in total. The fourth-order valence-electron chi connectivity index (χ4n) is 7.26. The van der Waals surface area contributed by atoms with Crippen LogP contribution >= 0.6 is 0 Å². The molecule has 0 saturated carbocycles. The van der Waals surface area contributed by atoms with Gasteiger partial charge in [-0.05, 0) is 99.7 Å². The van der Waals surface area contributed by atoms with Crippen molar-refractivity contribution in [2.75, 3.05) is 0 Å². The first-order valence-electron chi connectivity index (χ1n) is 15.9. The number of hydrogen-bond donors (Lipinski definition) is 0. The Labute approximate surface area is 268 Å². The summed E-state index contributed by atoms with van der Waals surface area (Å²) in [7, 11) is 0. The van der Waals surface area contributed by atoms with Crippen LogP contribution in [0.1, 0.15) is 0 Å². The number of fused-ring (bicyclic) bond motifs is 4. The molecule has 9 rings (SSSR count). The van der Waals surface area contributed by atoms with Crippen molar-refractivity contribution >= 4 is 43.1 Å². The SMILES string of the molecule is c1ccc(-c2ccc3cc(-c4c5ccccc5c(-c5ccc(-c6cccc7ccccc67)cc5)c5ccccc45)ccc3c2)cc1. The van der Waals surface area contributed by atoms with Gasteiger partial charge in [-0.15, -0.1) is 0 Å². The largest absolute Gasteiger partial charge is 0.0622 e. The molecule has 9 aromatic carbocycles. The van der Waals surface area contributed by atoms with Crippen molar-refractivity contribution in [1.82, 2.24) is 0 Å². The normalized spacial score (nSPS) is 11.5. The second-order valence-corrected chi connectivity index (χ2v) is 12.1. The van der Waals surface area contributed by atoms with Gasteiger partial charge in [0, 0.05) is 0 Å². The summed E-state index contributed by atoms with van der Waals surface area (Å²) in [6.07, 6.45) is 0. The number of benzene rings is 9. The zero-order valence-corrected chi connectivity index (χ0v) is 25.3. The summed E-state index contributed by atoms with van der Waals surface area (Å²) in [5, 5.41) is 10.1. The Balaban J connectivity index is 1.21. The van der Waals surface area contributed by atoms with Gasteiger partial charge in [0.2, 0.25) is 0 Å². The highest BCUT2D eigenvalue weighted by atomic mass is 14.2. The molecule has 0 fully saturated rings. The first kappa shape index (κ1) is 26.4. The van der Waals surface area contributed by atoms with Crippen molar-refractivity contribution < 1.29 is 0 Å². The van der Waals surface area contributed by atoms with Gasteiger partial charge >= 0.3 is 0 Å². The van der Waals surface area contributed by atoms with Crippen LogP contribution in [-0.2, 0) is 0 Å². The van der Waals surface area contributed by atoms with E-state index >= 15 is 0 Å². The van der Waals surface area contributed by atoms with Crippen LogP contribution in [0.15, 0.2) is 182 Å². The molecule has 0 unspecified atom stereocenters. The Hall–Kier alpha value is -5.98. The fourth-order valence-corrected chi connectivity index (χ4v) is 7.26. The van der Waals surface area contributed by atoms with Crippen LogP contribution in [-0.4, -0.2) is 0 Å². The average molecular weight is 583 g/mol. The van der Waals surface area contributed by atoms with Crippen LogP contribution in [0.2, 0.25) is 0 Å². The molecule has 0 aliphatic rings. The van der Waals surface area contributed by atoms with Crippen molar-refractivity contribution in [2.24, 2.45) is 0 Å². The van der Waals surface area contributed by atoms with Gasteiger partial charge in [0.05, 0.1) is 0 Å². The molecule has 46 heavy (non-hydrogen) atoms. The smallest absolute Gasteiger partial charge is 0.00262 e.